The van der Waals surface area contributed by atoms with Gasteiger partial charge in [0, 0.05) is 6.20 Å². The molecule has 184 valence electrons. The quantitative estimate of drug-likeness (QED) is 0.265. The van der Waals surface area contributed by atoms with Crippen LogP contribution in [0.1, 0.15) is 46.1 Å². The van der Waals surface area contributed by atoms with Crippen LogP contribution in [0.15, 0.2) is 77.5 Å². The topological polar surface area (TPSA) is 77.9 Å². The van der Waals surface area contributed by atoms with E-state index < -0.39 is 30.1 Å². The number of halogens is 4. The standard InChI is InChI=1S/C25H19F4N5O2/c26-23(27)20-10-21(24(28)29)34(32-20)14-18-8-9-22(36-18)25(35)31-17-11-30-33(13-17)12-16-6-3-5-15-4-1-2-7-19(15)16/h1-11,13,23-24H,12,14H2,(H,31,35). The Morgan fingerprint density at radius 2 is 1.78 bits per heavy atom. The van der Waals surface area contributed by atoms with Gasteiger partial charge in [-0.05, 0) is 34.5 Å². The Bertz CT molecular complexity index is 1520. The van der Waals surface area contributed by atoms with Crippen LogP contribution in [0.2, 0.25) is 0 Å². The maximum absolute atomic E-state index is 13.2. The molecule has 0 aliphatic heterocycles. The molecule has 0 radical (unpaired) electrons. The van der Waals surface area contributed by atoms with Crippen LogP contribution in [0, 0.1) is 0 Å². The highest BCUT2D eigenvalue weighted by molar-refractivity contribution is 6.02. The van der Waals surface area contributed by atoms with Gasteiger partial charge in [0.15, 0.2) is 5.76 Å². The number of alkyl halides is 4. The predicted molar refractivity (Wildman–Crippen MR) is 123 cm³/mol. The highest BCUT2D eigenvalue weighted by atomic mass is 19.3. The van der Waals surface area contributed by atoms with Crippen LogP contribution < -0.4 is 5.32 Å². The van der Waals surface area contributed by atoms with Crippen molar-refractivity contribution in [3.05, 3.63) is 102 Å². The number of hydrogen-bond donors (Lipinski definition) is 1. The van der Waals surface area contributed by atoms with Crippen molar-refractivity contribution >= 4 is 22.4 Å². The molecule has 5 rings (SSSR count). The third-order valence-electron chi connectivity index (χ3n) is 5.57. The number of rotatable bonds is 8. The number of benzene rings is 2. The molecule has 36 heavy (non-hydrogen) atoms. The molecule has 0 bridgehead atoms. The number of carbonyl (C=O) groups is 1. The van der Waals surface area contributed by atoms with Gasteiger partial charge in [0.1, 0.15) is 17.1 Å². The summed E-state index contributed by atoms with van der Waals surface area (Å²) >= 11 is 0. The number of nitrogens with zero attached hydrogens (tertiary/aromatic N) is 4. The van der Waals surface area contributed by atoms with Crippen LogP contribution in [0.4, 0.5) is 23.2 Å². The van der Waals surface area contributed by atoms with Gasteiger partial charge in [0.05, 0.1) is 25.0 Å². The summed E-state index contributed by atoms with van der Waals surface area (Å²) < 4.78 is 60.0. The second kappa shape index (κ2) is 9.68. The molecule has 0 saturated carbocycles. The summed E-state index contributed by atoms with van der Waals surface area (Å²) in [6.07, 6.45) is -2.80. The molecule has 0 atom stereocenters. The van der Waals surface area contributed by atoms with E-state index in [0.717, 1.165) is 21.0 Å². The normalized spacial score (nSPS) is 11.6. The molecular formula is C25H19F4N5O2. The molecule has 0 unspecified atom stereocenters. The number of anilines is 1. The summed E-state index contributed by atoms with van der Waals surface area (Å²) in [5.74, 6) is -0.543. The van der Waals surface area contributed by atoms with Crippen LogP contribution in [0.3, 0.4) is 0 Å². The number of carbonyl (C=O) groups excluding carboxylic acids is 1. The van der Waals surface area contributed by atoms with Crippen molar-refractivity contribution < 1.29 is 26.8 Å². The predicted octanol–water partition coefficient (Wildman–Crippen LogP) is 6.05. The van der Waals surface area contributed by atoms with Crippen LogP contribution in [-0.2, 0) is 13.1 Å². The molecule has 3 heterocycles. The number of fused-ring (bicyclic) bond motifs is 1. The zero-order valence-electron chi connectivity index (χ0n) is 18.6. The van der Waals surface area contributed by atoms with Crippen molar-refractivity contribution in [2.75, 3.05) is 5.32 Å². The van der Waals surface area contributed by atoms with Gasteiger partial charge < -0.3 is 9.73 Å². The lowest BCUT2D eigenvalue weighted by Crippen LogP contribution is -2.10. The smallest absolute Gasteiger partial charge is 0.291 e. The minimum Gasteiger partial charge on any atom is -0.454 e. The number of furan rings is 1. The molecule has 2 aromatic carbocycles. The zero-order chi connectivity index (χ0) is 25.2. The molecule has 0 spiro atoms. The van der Waals surface area contributed by atoms with E-state index in [1.807, 2.05) is 42.5 Å². The van der Waals surface area contributed by atoms with Crippen LogP contribution in [0.5, 0.6) is 0 Å². The second-order valence-corrected chi connectivity index (χ2v) is 8.04. The first kappa shape index (κ1) is 23.3. The third-order valence-corrected chi connectivity index (χ3v) is 5.57. The highest BCUT2D eigenvalue weighted by Gasteiger charge is 2.22. The van der Waals surface area contributed by atoms with E-state index >= 15 is 0 Å². The maximum Gasteiger partial charge on any atom is 0.291 e. The second-order valence-electron chi connectivity index (χ2n) is 8.04. The molecule has 3 aromatic heterocycles. The Morgan fingerprint density at radius 3 is 2.58 bits per heavy atom. The molecule has 0 aliphatic rings. The van der Waals surface area contributed by atoms with Gasteiger partial charge in [0.2, 0.25) is 0 Å². The Labute approximate surface area is 201 Å². The Kier molecular flexibility index (Phi) is 6.28. The summed E-state index contributed by atoms with van der Waals surface area (Å²) in [6.45, 7) is 0.168. The fourth-order valence-electron chi connectivity index (χ4n) is 3.91. The first-order chi connectivity index (χ1) is 17.4. The minimum atomic E-state index is -2.99. The van der Waals surface area contributed by atoms with Crippen molar-refractivity contribution in [2.45, 2.75) is 25.9 Å². The van der Waals surface area contributed by atoms with Gasteiger partial charge in [-0.1, -0.05) is 42.5 Å². The largest absolute Gasteiger partial charge is 0.454 e. The van der Waals surface area contributed by atoms with Crippen LogP contribution >= 0.6 is 0 Å². The molecule has 7 nitrogen and oxygen atoms in total. The van der Waals surface area contributed by atoms with Crippen molar-refractivity contribution in [2.24, 2.45) is 0 Å². The SMILES string of the molecule is O=C(Nc1cnn(Cc2cccc3ccccc23)c1)c1ccc(Cn2nc(C(F)F)cc2C(F)F)o1. The van der Waals surface area contributed by atoms with Gasteiger partial charge in [0.25, 0.3) is 18.8 Å². The molecule has 1 N–H and O–H groups in total. The van der Waals surface area contributed by atoms with Crippen molar-refractivity contribution in [1.29, 1.82) is 0 Å². The fourth-order valence-corrected chi connectivity index (χ4v) is 3.91. The number of amides is 1. The van der Waals surface area contributed by atoms with Gasteiger partial charge in [-0.25, -0.2) is 17.6 Å². The summed E-state index contributed by atoms with van der Waals surface area (Å²) in [5, 5.41) is 12.7. The van der Waals surface area contributed by atoms with Gasteiger partial charge in [-0.3, -0.25) is 14.2 Å². The van der Waals surface area contributed by atoms with Gasteiger partial charge >= 0.3 is 0 Å². The zero-order valence-corrected chi connectivity index (χ0v) is 18.6. The van der Waals surface area contributed by atoms with E-state index in [4.69, 9.17) is 4.42 Å². The Hall–Kier alpha value is -4.41. The lowest BCUT2D eigenvalue weighted by atomic mass is 10.0. The Morgan fingerprint density at radius 1 is 0.972 bits per heavy atom. The summed E-state index contributed by atoms with van der Waals surface area (Å²) in [7, 11) is 0. The van der Waals surface area contributed by atoms with Crippen molar-refractivity contribution in [3.63, 3.8) is 0 Å². The molecule has 1 amide bonds. The molecule has 0 fully saturated rings. The molecule has 0 saturated heterocycles. The fraction of sp³-hybridized carbons (Fsp3) is 0.160. The molecule has 0 aliphatic carbocycles. The van der Waals surface area contributed by atoms with Gasteiger partial charge in [-0.2, -0.15) is 10.2 Å². The number of hydrogen-bond acceptors (Lipinski definition) is 4. The lowest BCUT2D eigenvalue weighted by Gasteiger charge is -2.06. The molecular weight excluding hydrogens is 478 g/mol. The first-order valence-electron chi connectivity index (χ1n) is 10.9. The average molecular weight is 497 g/mol. The van der Waals surface area contributed by atoms with E-state index in [1.165, 1.54) is 18.3 Å². The molecule has 11 heteroatoms. The van der Waals surface area contributed by atoms with Crippen molar-refractivity contribution in [1.82, 2.24) is 19.6 Å². The van der Waals surface area contributed by atoms with E-state index in [2.05, 4.69) is 15.5 Å². The lowest BCUT2D eigenvalue weighted by molar-refractivity contribution is 0.0994. The summed E-state index contributed by atoms with van der Waals surface area (Å²) in [4.78, 5) is 12.6. The van der Waals surface area contributed by atoms with E-state index in [1.54, 1.807) is 10.9 Å². The summed E-state index contributed by atoms with van der Waals surface area (Å²) in [6, 6.07) is 17.4. The first-order valence-corrected chi connectivity index (χ1v) is 10.9. The molecule has 5 aromatic rings. The van der Waals surface area contributed by atoms with Gasteiger partial charge in [-0.15, -0.1) is 0 Å². The monoisotopic (exact) mass is 497 g/mol. The van der Waals surface area contributed by atoms with Crippen LogP contribution in [-0.4, -0.2) is 25.5 Å². The number of nitrogens with one attached hydrogen (secondary N) is 1. The maximum atomic E-state index is 13.2. The number of aromatic nitrogens is 4. The van der Waals surface area contributed by atoms with E-state index in [-0.39, 0.29) is 18.1 Å². The van der Waals surface area contributed by atoms with E-state index in [0.29, 0.717) is 18.3 Å². The van der Waals surface area contributed by atoms with Crippen LogP contribution in [0.25, 0.3) is 10.8 Å². The van der Waals surface area contributed by atoms with E-state index in [9.17, 15) is 22.4 Å². The minimum absolute atomic E-state index is 0.0772. The average Bonchev–Trinajstić information content (AvgIpc) is 3.60. The Balaban J connectivity index is 1.26. The third kappa shape index (κ3) is 4.85. The summed E-state index contributed by atoms with van der Waals surface area (Å²) in [5.41, 5.74) is 0.0926. The highest BCUT2D eigenvalue weighted by Crippen LogP contribution is 2.26. The van der Waals surface area contributed by atoms with Crippen molar-refractivity contribution in [3.8, 4) is 0 Å².